The molecular formula is C12H11BrF2N4O3S2. The third kappa shape index (κ3) is 5.26. The molecule has 1 aromatic carbocycles. The van der Waals surface area contributed by atoms with Crippen LogP contribution in [0.15, 0.2) is 33.6 Å². The molecule has 0 saturated heterocycles. The lowest BCUT2D eigenvalue weighted by Gasteiger charge is -2.06. The van der Waals surface area contributed by atoms with Crippen molar-refractivity contribution in [3.63, 3.8) is 0 Å². The Bertz CT molecular complexity index is 812. The van der Waals surface area contributed by atoms with Crippen LogP contribution in [0.1, 0.15) is 17.9 Å². The summed E-state index contributed by atoms with van der Waals surface area (Å²) in [6.45, 7) is -0.148. The fraction of sp³-hybridized carbons (Fsp3) is 0.250. The van der Waals surface area contributed by atoms with E-state index < -0.39 is 27.4 Å². The molecule has 1 heterocycles. The maximum absolute atomic E-state index is 12.4. The van der Waals surface area contributed by atoms with Gasteiger partial charge in [-0.1, -0.05) is 27.3 Å². The van der Waals surface area contributed by atoms with Crippen molar-refractivity contribution in [3.8, 4) is 0 Å². The van der Waals surface area contributed by atoms with E-state index in [4.69, 9.17) is 0 Å². The number of carbonyl (C=O) groups is 1. The smallest absolute Gasteiger partial charge is 0.291 e. The van der Waals surface area contributed by atoms with Crippen LogP contribution in [0.3, 0.4) is 0 Å². The topological polar surface area (TPSA) is 101 Å². The largest absolute Gasteiger partial charge is 0.300 e. The molecule has 12 heteroatoms. The van der Waals surface area contributed by atoms with Gasteiger partial charge in [0, 0.05) is 17.4 Å². The zero-order valence-electron chi connectivity index (χ0n) is 11.9. The zero-order chi connectivity index (χ0) is 17.7. The first-order valence-corrected chi connectivity index (χ1v) is 9.54. The molecule has 0 unspecified atom stereocenters. The molecule has 0 aliphatic rings. The van der Waals surface area contributed by atoms with E-state index in [0.29, 0.717) is 11.3 Å². The molecule has 0 aliphatic carbocycles. The number of halogens is 3. The standard InChI is InChI=1S/C12H11BrF2N4O3S2/c13-7-1-3-8(4-2-7)24(21,22)16-6-5-9(20)17-12-19-18-11(23-12)10(14)15/h1-4,10,16H,5-6H2,(H,17,19,20). The summed E-state index contributed by atoms with van der Waals surface area (Å²) in [6, 6.07) is 5.99. The van der Waals surface area contributed by atoms with Crippen LogP contribution in [0.4, 0.5) is 13.9 Å². The van der Waals surface area contributed by atoms with Gasteiger partial charge in [0.1, 0.15) is 0 Å². The van der Waals surface area contributed by atoms with Gasteiger partial charge < -0.3 is 5.32 Å². The molecule has 1 amide bonds. The molecule has 0 fully saturated rings. The van der Waals surface area contributed by atoms with Crippen LogP contribution in [0.2, 0.25) is 0 Å². The number of sulfonamides is 1. The van der Waals surface area contributed by atoms with Crippen LogP contribution < -0.4 is 10.0 Å². The number of rotatable bonds is 7. The Labute approximate surface area is 148 Å². The molecule has 0 spiro atoms. The summed E-state index contributed by atoms with van der Waals surface area (Å²) in [5, 5.41) is 8.35. The number of carbonyl (C=O) groups excluding carboxylic acids is 1. The second-order valence-electron chi connectivity index (χ2n) is 4.40. The fourth-order valence-corrected chi connectivity index (χ4v) is 3.46. The van der Waals surface area contributed by atoms with Crippen molar-refractivity contribution in [2.24, 2.45) is 0 Å². The van der Waals surface area contributed by atoms with Crippen molar-refractivity contribution >= 4 is 48.3 Å². The van der Waals surface area contributed by atoms with E-state index in [1.807, 2.05) is 0 Å². The molecule has 1 aromatic heterocycles. The van der Waals surface area contributed by atoms with Crippen molar-refractivity contribution in [2.45, 2.75) is 17.7 Å². The molecule has 0 saturated carbocycles. The highest BCUT2D eigenvalue weighted by Crippen LogP contribution is 2.25. The van der Waals surface area contributed by atoms with E-state index in [-0.39, 0.29) is 23.0 Å². The van der Waals surface area contributed by atoms with Crippen LogP contribution >= 0.6 is 27.3 Å². The SMILES string of the molecule is O=C(CCNS(=O)(=O)c1ccc(Br)cc1)Nc1nnc(C(F)F)s1. The predicted octanol–water partition coefficient (Wildman–Crippen LogP) is 2.55. The molecule has 2 N–H and O–H groups in total. The van der Waals surface area contributed by atoms with E-state index in [1.54, 1.807) is 12.1 Å². The third-order valence-corrected chi connectivity index (χ3v) is 5.49. The van der Waals surface area contributed by atoms with E-state index in [0.717, 1.165) is 4.47 Å². The maximum atomic E-state index is 12.4. The number of hydrogen-bond acceptors (Lipinski definition) is 6. The van der Waals surface area contributed by atoms with Gasteiger partial charge in [-0.3, -0.25) is 4.79 Å². The van der Waals surface area contributed by atoms with Crippen LogP contribution in [-0.2, 0) is 14.8 Å². The first-order chi connectivity index (χ1) is 11.3. The van der Waals surface area contributed by atoms with Crippen molar-refractivity contribution in [1.29, 1.82) is 0 Å². The molecule has 2 rings (SSSR count). The number of nitrogens with zero attached hydrogens (tertiary/aromatic N) is 2. The normalized spacial score (nSPS) is 11.7. The molecule has 24 heavy (non-hydrogen) atoms. The Morgan fingerprint density at radius 3 is 2.50 bits per heavy atom. The first-order valence-electron chi connectivity index (χ1n) is 6.44. The summed E-state index contributed by atoms with van der Waals surface area (Å²) in [4.78, 5) is 11.7. The Morgan fingerprint density at radius 1 is 1.25 bits per heavy atom. The summed E-state index contributed by atoms with van der Waals surface area (Å²) >= 11 is 3.76. The quantitative estimate of drug-likeness (QED) is 0.688. The Kier molecular flexibility index (Phi) is 6.32. The van der Waals surface area contributed by atoms with Gasteiger partial charge in [-0.15, -0.1) is 10.2 Å². The third-order valence-electron chi connectivity index (χ3n) is 2.64. The Balaban J connectivity index is 1.84. The van der Waals surface area contributed by atoms with Gasteiger partial charge in [-0.05, 0) is 24.3 Å². The molecule has 0 bridgehead atoms. The highest BCUT2D eigenvalue weighted by atomic mass is 79.9. The number of aromatic nitrogens is 2. The minimum atomic E-state index is -3.73. The summed E-state index contributed by atoms with van der Waals surface area (Å²) in [7, 11) is -3.73. The highest BCUT2D eigenvalue weighted by molar-refractivity contribution is 9.10. The van der Waals surface area contributed by atoms with E-state index >= 15 is 0 Å². The molecule has 130 valence electrons. The van der Waals surface area contributed by atoms with E-state index in [2.05, 4.69) is 36.2 Å². The average Bonchev–Trinajstić information content (AvgIpc) is 2.96. The highest BCUT2D eigenvalue weighted by Gasteiger charge is 2.16. The number of amides is 1. The molecule has 0 aliphatic heterocycles. The van der Waals surface area contributed by atoms with Gasteiger partial charge >= 0.3 is 0 Å². The monoisotopic (exact) mass is 440 g/mol. The second kappa shape index (κ2) is 8.05. The summed E-state index contributed by atoms with van der Waals surface area (Å²) in [6.07, 6.45) is -2.94. The van der Waals surface area contributed by atoms with Crippen molar-refractivity contribution < 1.29 is 22.0 Å². The molecule has 7 nitrogen and oxygen atoms in total. The van der Waals surface area contributed by atoms with Crippen LogP contribution in [0, 0.1) is 0 Å². The lowest BCUT2D eigenvalue weighted by Crippen LogP contribution is -2.27. The van der Waals surface area contributed by atoms with Crippen LogP contribution in [0.5, 0.6) is 0 Å². The lowest BCUT2D eigenvalue weighted by molar-refractivity contribution is -0.116. The van der Waals surface area contributed by atoms with Gasteiger partial charge in [0.25, 0.3) is 6.43 Å². The lowest BCUT2D eigenvalue weighted by atomic mass is 10.4. The van der Waals surface area contributed by atoms with Crippen molar-refractivity contribution in [1.82, 2.24) is 14.9 Å². The Hall–Kier alpha value is -1.50. The summed E-state index contributed by atoms with van der Waals surface area (Å²) in [5.74, 6) is -0.564. The van der Waals surface area contributed by atoms with Crippen molar-refractivity contribution in [2.75, 3.05) is 11.9 Å². The maximum Gasteiger partial charge on any atom is 0.291 e. The molecule has 0 radical (unpaired) electrons. The van der Waals surface area contributed by atoms with Gasteiger partial charge in [0.15, 0.2) is 5.01 Å². The van der Waals surface area contributed by atoms with E-state index in [9.17, 15) is 22.0 Å². The predicted molar refractivity (Wildman–Crippen MR) is 87.4 cm³/mol. The minimum absolute atomic E-state index is 0.0638. The van der Waals surface area contributed by atoms with Gasteiger partial charge in [-0.25, -0.2) is 21.9 Å². The first kappa shape index (κ1) is 18.8. The van der Waals surface area contributed by atoms with Gasteiger partial charge in [-0.2, -0.15) is 0 Å². The molecular weight excluding hydrogens is 430 g/mol. The fourth-order valence-electron chi connectivity index (χ4n) is 1.55. The van der Waals surface area contributed by atoms with Crippen LogP contribution in [-0.4, -0.2) is 31.1 Å². The van der Waals surface area contributed by atoms with Crippen LogP contribution in [0.25, 0.3) is 0 Å². The summed E-state index contributed by atoms with van der Waals surface area (Å²) < 4.78 is 51.7. The summed E-state index contributed by atoms with van der Waals surface area (Å²) in [5.41, 5.74) is 0. The van der Waals surface area contributed by atoms with Gasteiger partial charge in [0.05, 0.1) is 4.90 Å². The average molecular weight is 441 g/mol. The Morgan fingerprint density at radius 2 is 1.92 bits per heavy atom. The van der Waals surface area contributed by atoms with Crippen molar-refractivity contribution in [3.05, 3.63) is 33.7 Å². The number of benzene rings is 1. The number of hydrogen-bond donors (Lipinski definition) is 2. The second-order valence-corrected chi connectivity index (χ2v) is 8.09. The molecule has 2 aromatic rings. The number of nitrogens with one attached hydrogen (secondary N) is 2. The van der Waals surface area contributed by atoms with E-state index in [1.165, 1.54) is 12.1 Å². The van der Waals surface area contributed by atoms with Gasteiger partial charge in [0.2, 0.25) is 21.1 Å². The minimum Gasteiger partial charge on any atom is -0.300 e. The number of anilines is 1. The number of alkyl halides is 2. The zero-order valence-corrected chi connectivity index (χ0v) is 15.1. The molecule has 0 atom stereocenters.